The van der Waals surface area contributed by atoms with Crippen LogP contribution in [0.2, 0.25) is 0 Å². The summed E-state index contributed by atoms with van der Waals surface area (Å²) in [5.74, 6) is 1.01. The van der Waals surface area contributed by atoms with Crippen LogP contribution in [0.25, 0.3) is 0 Å². The molecule has 0 spiro atoms. The molecule has 3 heteroatoms. The second-order valence-corrected chi connectivity index (χ2v) is 4.91. The number of nitrogens with zero attached hydrogens (tertiary/aromatic N) is 2. The predicted molar refractivity (Wildman–Crippen MR) is 69.9 cm³/mol. The van der Waals surface area contributed by atoms with Crippen LogP contribution >= 0.6 is 0 Å². The van der Waals surface area contributed by atoms with Gasteiger partial charge in [-0.15, -0.1) is 0 Å². The Balaban J connectivity index is 2.05. The van der Waals surface area contributed by atoms with E-state index in [1.165, 1.54) is 24.1 Å². The molecule has 0 radical (unpaired) electrons. The van der Waals surface area contributed by atoms with Crippen molar-refractivity contribution in [2.45, 2.75) is 65.0 Å². The van der Waals surface area contributed by atoms with Gasteiger partial charge in [0.1, 0.15) is 5.82 Å². The summed E-state index contributed by atoms with van der Waals surface area (Å²) < 4.78 is 0. The van der Waals surface area contributed by atoms with Crippen LogP contribution in [0, 0.1) is 0 Å². The SMILES string of the molecule is CCCc1ncc(CNC2CC2)c(CCC)n1. The number of rotatable bonds is 7. The zero-order valence-electron chi connectivity index (χ0n) is 11.0. The minimum absolute atomic E-state index is 0.750. The molecule has 2 rings (SSSR count). The van der Waals surface area contributed by atoms with E-state index in [9.17, 15) is 0 Å². The summed E-state index contributed by atoms with van der Waals surface area (Å²) in [6, 6.07) is 0.750. The van der Waals surface area contributed by atoms with Crippen LogP contribution in [0.15, 0.2) is 6.20 Å². The highest BCUT2D eigenvalue weighted by Gasteiger charge is 2.20. The van der Waals surface area contributed by atoms with Crippen LogP contribution in [0.1, 0.15) is 56.6 Å². The normalized spacial score (nSPS) is 15.2. The molecule has 94 valence electrons. The Bertz CT molecular complexity index is 358. The topological polar surface area (TPSA) is 37.8 Å². The minimum atomic E-state index is 0.750. The Hall–Kier alpha value is -0.960. The standard InChI is InChI=1S/C14H23N3/c1-3-5-13-11(9-15-12-7-8-12)10-16-14(17-13)6-4-2/h10,12,15H,3-9H2,1-2H3. The highest BCUT2D eigenvalue weighted by molar-refractivity contribution is 5.18. The van der Waals surface area contributed by atoms with Gasteiger partial charge in [-0.1, -0.05) is 20.3 Å². The van der Waals surface area contributed by atoms with E-state index in [0.29, 0.717) is 0 Å². The highest BCUT2D eigenvalue weighted by Crippen LogP contribution is 2.20. The van der Waals surface area contributed by atoms with Crippen molar-refractivity contribution >= 4 is 0 Å². The van der Waals surface area contributed by atoms with Crippen molar-refractivity contribution < 1.29 is 0 Å². The van der Waals surface area contributed by atoms with Gasteiger partial charge in [-0.3, -0.25) is 0 Å². The lowest BCUT2D eigenvalue weighted by atomic mass is 10.1. The van der Waals surface area contributed by atoms with Crippen molar-refractivity contribution in [3.05, 3.63) is 23.3 Å². The maximum atomic E-state index is 4.70. The molecule has 1 aliphatic rings. The van der Waals surface area contributed by atoms with Gasteiger partial charge in [-0.2, -0.15) is 0 Å². The lowest BCUT2D eigenvalue weighted by Gasteiger charge is -2.10. The number of nitrogens with one attached hydrogen (secondary N) is 1. The van der Waals surface area contributed by atoms with Crippen molar-refractivity contribution in [2.75, 3.05) is 0 Å². The second kappa shape index (κ2) is 6.10. The van der Waals surface area contributed by atoms with Crippen LogP contribution < -0.4 is 5.32 Å². The molecule has 0 bridgehead atoms. The molecular weight excluding hydrogens is 210 g/mol. The number of hydrogen-bond donors (Lipinski definition) is 1. The van der Waals surface area contributed by atoms with Gasteiger partial charge in [0.25, 0.3) is 0 Å². The molecule has 0 unspecified atom stereocenters. The fourth-order valence-electron chi connectivity index (χ4n) is 1.97. The van der Waals surface area contributed by atoms with Crippen molar-refractivity contribution in [3.8, 4) is 0 Å². The smallest absolute Gasteiger partial charge is 0.128 e. The van der Waals surface area contributed by atoms with Crippen molar-refractivity contribution in [3.63, 3.8) is 0 Å². The molecule has 0 aromatic carbocycles. The summed E-state index contributed by atoms with van der Waals surface area (Å²) in [5, 5.41) is 3.54. The third-order valence-corrected chi connectivity index (χ3v) is 3.12. The van der Waals surface area contributed by atoms with Crippen LogP contribution in [0.3, 0.4) is 0 Å². The van der Waals surface area contributed by atoms with E-state index in [-0.39, 0.29) is 0 Å². The van der Waals surface area contributed by atoms with E-state index in [4.69, 9.17) is 4.98 Å². The summed E-state index contributed by atoms with van der Waals surface area (Å²) >= 11 is 0. The Morgan fingerprint density at radius 2 is 2.00 bits per heavy atom. The molecule has 3 nitrogen and oxygen atoms in total. The first-order chi connectivity index (χ1) is 8.33. The molecular formula is C14H23N3. The van der Waals surface area contributed by atoms with Gasteiger partial charge in [-0.05, 0) is 25.7 Å². The maximum Gasteiger partial charge on any atom is 0.128 e. The van der Waals surface area contributed by atoms with Gasteiger partial charge in [0.15, 0.2) is 0 Å². The van der Waals surface area contributed by atoms with Gasteiger partial charge in [0, 0.05) is 36.5 Å². The molecule has 1 N–H and O–H groups in total. The molecule has 1 aliphatic carbocycles. The first kappa shape index (κ1) is 12.5. The lowest BCUT2D eigenvalue weighted by Crippen LogP contribution is -2.18. The largest absolute Gasteiger partial charge is 0.310 e. The van der Waals surface area contributed by atoms with Gasteiger partial charge >= 0.3 is 0 Å². The van der Waals surface area contributed by atoms with E-state index < -0.39 is 0 Å². The molecule has 1 saturated carbocycles. The third kappa shape index (κ3) is 3.77. The van der Waals surface area contributed by atoms with Crippen LogP contribution in [-0.4, -0.2) is 16.0 Å². The van der Waals surface area contributed by atoms with Gasteiger partial charge < -0.3 is 5.32 Å². The third-order valence-electron chi connectivity index (χ3n) is 3.12. The molecule has 0 aliphatic heterocycles. The van der Waals surface area contributed by atoms with E-state index in [2.05, 4.69) is 24.1 Å². The molecule has 0 atom stereocenters. The Labute approximate surface area is 104 Å². The quantitative estimate of drug-likeness (QED) is 0.786. The summed E-state index contributed by atoms with van der Waals surface area (Å²) in [6.07, 6.45) is 9.02. The lowest BCUT2D eigenvalue weighted by molar-refractivity contribution is 0.666. The summed E-state index contributed by atoms with van der Waals surface area (Å²) in [6.45, 7) is 5.32. The molecule has 1 aromatic rings. The number of aromatic nitrogens is 2. The van der Waals surface area contributed by atoms with E-state index in [1.54, 1.807) is 0 Å². The monoisotopic (exact) mass is 233 g/mol. The highest BCUT2D eigenvalue weighted by atomic mass is 15.0. The first-order valence-corrected chi connectivity index (χ1v) is 6.90. The van der Waals surface area contributed by atoms with E-state index in [0.717, 1.165) is 44.1 Å². The second-order valence-electron chi connectivity index (χ2n) is 4.91. The number of aryl methyl sites for hydroxylation is 2. The van der Waals surface area contributed by atoms with Crippen molar-refractivity contribution in [1.82, 2.24) is 15.3 Å². The predicted octanol–water partition coefficient (Wildman–Crippen LogP) is 2.63. The maximum absolute atomic E-state index is 4.70. The summed E-state index contributed by atoms with van der Waals surface area (Å²) in [4.78, 5) is 9.16. The molecule has 1 aromatic heterocycles. The van der Waals surface area contributed by atoms with Crippen molar-refractivity contribution in [2.24, 2.45) is 0 Å². The fourth-order valence-corrected chi connectivity index (χ4v) is 1.97. The fraction of sp³-hybridized carbons (Fsp3) is 0.714. The molecule has 1 fully saturated rings. The average molecular weight is 233 g/mol. The van der Waals surface area contributed by atoms with Crippen LogP contribution in [0.4, 0.5) is 0 Å². The summed E-state index contributed by atoms with van der Waals surface area (Å²) in [7, 11) is 0. The minimum Gasteiger partial charge on any atom is -0.310 e. The summed E-state index contributed by atoms with van der Waals surface area (Å²) in [5.41, 5.74) is 2.54. The Morgan fingerprint density at radius 3 is 2.65 bits per heavy atom. The molecule has 1 heterocycles. The van der Waals surface area contributed by atoms with Crippen LogP contribution in [-0.2, 0) is 19.4 Å². The molecule has 0 amide bonds. The van der Waals surface area contributed by atoms with Crippen molar-refractivity contribution in [1.29, 1.82) is 0 Å². The van der Waals surface area contributed by atoms with Gasteiger partial charge in [-0.25, -0.2) is 9.97 Å². The van der Waals surface area contributed by atoms with E-state index in [1.807, 2.05) is 6.20 Å². The number of hydrogen-bond acceptors (Lipinski definition) is 3. The zero-order valence-corrected chi connectivity index (χ0v) is 11.0. The van der Waals surface area contributed by atoms with Gasteiger partial charge in [0.2, 0.25) is 0 Å². The molecule has 17 heavy (non-hydrogen) atoms. The Kier molecular flexibility index (Phi) is 4.49. The Morgan fingerprint density at radius 1 is 1.24 bits per heavy atom. The van der Waals surface area contributed by atoms with E-state index >= 15 is 0 Å². The zero-order chi connectivity index (χ0) is 12.1. The first-order valence-electron chi connectivity index (χ1n) is 6.90. The molecule has 0 saturated heterocycles. The van der Waals surface area contributed by atoms with Crippen LogP contribution in [0.5, 0.6) is 0 Å². The van der Waals surface area contributed by atoms with Gasteiger partial charge in [0.05, 0.1) is 0 Å². The average Bonchev–Trinajstić information content (AvgIpc) is 3.13.